The van der Waals surface area contributed by atoms with E-state index < -0.39 is 11.0 Å². The molecule has 0 unspecified atom stereocenters. The van der Waals surface area contributed by atoms with E-state index in [0.717, 1.165) is 0 Å². The molecule has 7 nitrogen and oxygen atoms in total. The average Bonchev–Trinajstić information content (AvgIpc) is 2.43. The summed E-state index contributed by atoms with van der Waals surface area (Å²) in [6.07, 6.45) is 0. The fraction of sp³-hybridized carbons (Fsp3) is 0. The first-order valence-electron chi connectivity index (χ1n) is 5.76. The fourth-order valence-corrected chi connectivity index (χ4v) is 1.70. The number of urea groups is 1. The van der Waals surface area contributed by atoms with Crippen molar-refractivity contribution in [2.75, 3.05) is 10.6 Å². The quantitative estimate of drug-likeness (QED) is 0.595. The third-order valence-corrected chi connectivity index (χ3v) is 2.84. The number of nitrogens with one attached hydrogen (secondary N) is 2. The molecule has 0 radical (unpaired) electrons. The van der Waals surface area contributed by atoms with Crippen molar-refractivity contribution in [1.82, 2.24) is 0 Å². The van der Waals surface area contributed by atoms with Crippen LogP contribution >= 0.6 is 11.6 Å². The number of phenolic OH excluding ortho intramolecular Hbond substituents is 1. The van der Waals surface area contributed by atoms with E-state index in [9.17, 15) is 20.0 Å². The zero-order chi connectivity index (χ0) is 15.4. The lowest BCUT2D eigenvalue weighted by atomic mass is 10.3. The minimum Gasteiger partial charge on any atom is -0.506 e. The first kappa shape index (κ1) is 14.6. The summed E-state index contributed by atoms with van der Waals surface area (Å²) < 4.78 is 0. The Morgan fingerprint density at radius 3 is 2.43 bits per heavy atom. The van der Waals surface area contributed by atoms with Gasteiger partial charge in [0.2, 0.25) is 0 Å². The van der Waals surface area contributed by atoms with Crippen LogP contribution in [0.4, 0.5) is 21.9 Å². The highest BCUT2D eigenvalue weighted by Crippen LogP contribution is 2.26. The number of nitro benzene ring substituents is 1. The number of phenols is 1. The second-order valence-electron chi connectivity index (χ2n) is 4.05. The largest absolute Gasteiger partial charge is 0.506 e. The Hall–Kier alpha value is -2.80. The Labute approximate surface area is 124 Å². The summed E-state index contributed by atoms with van der Waals surface area (Å²) in [6, 6.07) is 9.16. The number of halogens is 1. The number of carbonyl (C=O) groups excluding carboxylic acids is 1. The fourth-order valence-electron chi connectivity index (χ4n) is 1.58. The number of non-ortho nitro benzene ring substituents is 1. The maximum atomic E-state index is 11.8. The van der Waals surface area contributed by atoms with Crippen molar-refractivity contribution in [3.63, 3.8) is 0 Å². The van der Waals surface area contributed by atoms with E-state index in [1.165, 1.54) is 42.5 Å². The van der Waals surface area contributed by atoms with Crippen LogP contribution in [0.5, 0.6) is 5.75 Å². The number of amides is 2. The lowest BCUT2D eigenvalue weighted by Crippen LogP contribution is -2.19. The van der Waals surface area contributed by atoms with Crippen LogP contribution in [0.1, 0.15) is 0 Å². The molecular formula is C13H10ClN3O4. The molecule has 0 saturated heterocycles. The Morgan fingerprint density at radius 2 is 1.81 bits per heavy atom. The van der Waals surface area contributed by atoms with Crippen LogP contribution in [0.15, 0.2) is 42.5 Å². The number of hydrogen-bond acceptors (Lipinski definition) is 4. The molecule has 2 aromatic carbocycles. The zero-order valence-corrected chi connectivity index (χ0v) is 11.3. The SMILES string of the molecule is O=C(Nc1cccc([N+](=O)[O-])c1)Nc1ccc(Cl)c(O)c1. The molecule has 21 heavy (non-hydrogen) atoms. The average molecular weight is 308 g/mol. The van der Waals surface area contributed by atoms with Gasteiger partial charge in [0.05, 0.1) is 9.95 Å². The minimum absolute atomic E-state index is 0.128. The van der Waals surface area contributed by atoms with Crippen molar-refractivity contribution in [3.05, 3.63) is 57.6 Å². The lowest BCUT2D eigenvalue weighted by molar-refractivity contribution is -0.384. The highest BCUT2D eigenvalue weighted by atomic mass is 35.5. The molecule has 0 atom stereocenters. The van der Waals surface area contributed by atoms with Crippen molar-refractivity contribution < 1.29 is 14.8 Å². The molecule has 0 saturated carbocycles. The highest BCUT2D eigenvalue weighted by molar-refractivity contribution is 6.32. The van der Waals surface area contributed by atoms with Crippen LogP contribution in [-0.2, 0) is 0 Å². The molecule has 2 amide bonds. The van der Waals surface area contributed by atoms with Gasteiger partial charge < -0.3 is 15.7 Å². The molecule has 2 aromatic rings. The maximum absolute atomic E-state index is 11.8. The van der Waals surface area contributed by atoms with Crippen molar-refractivity contribution in [1.29, 1.82) is 0 Å². The van der Waals surface area contributed by atoms with Crippen LogP contribution in [-0.4, -0.2) is 16.1 Å². The number of rotatable bonds is 3. The van der Waals surface area contributed by atoms with E-state index in [4.69, 9.17) is 11.6 Å². The zero-order valence-electron chi connectivity index (χ0n) is 10.5. The Bertz CT molecular complexity index is 706. The number of nitro groups is 1. The summed E-state index contributed by atoms with van der Waals surface area (Å²) in [5, 5.41) is 25.1. The Balaban J connectivity index is 2.06. The topological polar surface area (TPSA) is 104 Å². The van der Waals surface area contributed by atoms with Gasteiger partial charge in [-0.2, -0.15) is 0 Å². The summed E-state index contributed by atoms with van der Waals surface area (Å²) in [5.74, 6) is -0.162. The predicted molar refractivity (Wildman–Crippen MR) is 78.9 cm³/mol. The summed E-state index contributed by atoms with van der Waals surface area (Å²) in [4.78, 5) is 21.8. The molecule has 3 N–H and O–H groups in total. The van der Waals surface area contributed by atoms with Crippen molar-refractivity contribution in [2.45, 2.75) is 0 Å². The first-order valence-corrected chi connectivity index (χ1v) is 6.14. The van der Waals surface area contributed by atoms with Gasteiger partial charge in [-0.25, -0.2) is 4.79 Å². The second kappa shape index (κ2) is 6.10. The monoisotopic (exact) mass is 307 g/mol. The van der Waals surface area contributed by atoms with Gasteiger partial charge in [-0.3, -0.25) is 10.1 Å². The molecule has 0 aliphatic heterocycles. The second-order valence-corrected chi connectivity index (χ2v) is 4.46. The number of aromatic hydroxyl groups is 1. The van der Waals surface area contributed by atoms with Crippen LogP contribution in [0.3, 0.4) is 0 Å². The minimum atomic E-state index is -0.600. The highest BCUT2D eigenvalue weighted by Gasteiger charge is 2.09. The molecule has 108 valence electrons. The predicted octanol–water partition coefficient (Wildman–Crippen LogP) is 3.60. The van der Waals surface area contributed by atoms with Crippen LogP contribution in [0, 0.1) is 10.1 Å². The third kappa shape index (κ3) is 3.83. The third-order valence-electron chi connectivity index (χ3n) is 2.52. The number of benzene rings is 2. The first-order chi connectivity index (χ1) is 9.95. The number of carbonyl (C=O) groups is 1. The smallest absolute Gasteiger partial charge is 0.323 e. The summed E-state index contributed by atoms with van der Waals surface area (Å²) >= 11 is 5.65. The van der Waals surface area contributed by atoms with Gasteiger partial charge in [-0.15, -0.1) is 0 Å². The molecule has 8 heteroatoms. The molecule has 0 fully saturated rings. The number of anilines is 2. The molecule has 0 bridgehead atoms. The van der Waals surface area contributed by atoms with Gasteiger partial charge >= 0.3 is 6.03 Å². The van der Waals surface area contributed by atoms with Crippen LogP contribution in [0.2, 0.25) is 5.02 Å². The van der Waals surface area contributed by atoms with Crippen molar-refractivity contribution in [2.24, 2.45) is 0 Å². The van der Waals surface area contributed by atoms with E-state index in [2.05, 4.69) is 10.6 Å². The lowest BCUT2D eigenvalue weighted by Gasteiger charge is -2.08. The number of nitrogens with zero attached hydrogens (tertiary/aromatic N) is 1. The van der Waals surface area contributed by atoms with E-state index >= 15 is 0 Å². The van der Waals surface area contributed by atoms with Gasteiger partial charge in [0.1, 0.15) is 5.75 Å². The molecule has 0 spiro atoms. The van der Waals surface area contributed by atoms with E-state index in [1.54, 1.807) is 0 Å². The van der Waals surface area contributed by atoms with Gasteiger partial charge in [0.25, 0.3) is 5.69 Å². The van der Waals surface area contributed by atoms with Gasteiger partial charge in [-0.1, -0.05) is 17.7 Å². The van der Waals surface area contributed by atoms with Crippen LogP contribution < -0.4 is 10.6 Å². The molecule has 2 rings (SSSR count). The van der Waals surface area contributed by atoms with Gasteiger partial charge in [0.15, 0.2) is 0 Å². The molecule has 0 aliphatic carbocycles. The molecule has 0 heterocycles. The summed E-state index contributed by atoms with van der Waals surface area (Å²) in [6.45, 7) is 0. The van der Waals surface area contributed by atoms with Gasteiger partial charge in [0, 0.05) is 29.6 Å². The van der Waals surface area contributed by atoms with Gasteiger partial charge in [-0.05, 0) is 18.2 Å². The molecule has 0 aromatic heterocycles. The van der Waals surface area contributed by atoms with Crippen molar-refractivity contribution in [3.8, 4) is 5.75 Å². The van der Waals surface area contributed by atoms with Crippen molar-refractivity contribution >= 4 is 34.7 Å². The summed E-state index contributed by atoms with van der Waals surface area (Å²) in [5.41, 5.74) is 0.483. The van der Waals surface area contributed by atoms with E-state index in [1.807, 2.05) is 0 Å². The van der Waals surface area contributed by atoms with Crippen LogP contribution in [0.25, 0.3) is 0 Å². The Morgan fingerprint density at radius 1 is 1.14 bits per heavy atom. The Kier molecular flexibility index (Phi) is 4.24. The summed E-state index contributed by atoms with van der Waals surface area (Å²) in [7, 11) is 0. The standard InChI is InChI=1S/C13H10ClN3O4/c14-11-5-4-9(7-12(11)18)16-13(19)15-8-2-1-3-10(6-8)17(20)21/h1-7,18H,(H2,15,16,19). The molecule has 0 aliphatic rings. The molecular weight excluding hydrogens is 298 g/mol. The number of hydrogen-bond donors (Lipinski definition) is 3. The maximum Gasteiger partial charge on any atom is 0.323 e. The normalized spacial score (nSPS) is 9.95. The van der Waals surface area contributed by atoms with E-state index in [0.29, 0.717) is 5.69 Å². The van der Waals surface area contributed by atoms with E-state index in [-0.39, 0.29) is 22.1 Å².